The molecule has 0 fully saturated rings. The summed E-state index contributed by atoms with van der Waals surface area (Å²) in [5.41, 5.74) is 7.98. The number of rotatable bonds is 14. The first-order chi connectivity index (χ1) is 20.9. The number of nitrogens with one attached hydrogen (secondary N) is 2. The fourth-order valence-corrected chi connectivity index (χ4v) is 5.14. The normalized spacial score (nSPS) is 14.6. The molecule has 222 valence electrons. The summed E-state index contributed by atoms with van der Waals surface area (Å²) in [6.45, 7) is 4.36. The van der Waals surface area contributed by atoms with Gasteiger partial charge in [0.05, 0.1) is 49.7 Å². The standard InChI is InChI=1S/C34H40F2N4O2/c1-23(41-15-7-3-5-13-35)31-19-29-18-27-10-9-25(37-27)17-26-11-12-28(38-26)21-33-32(20-30(40-33)22-34(31)39-29)24(2)42-16-8-4-6-14-36/h9-12,17-24,38-39H,3-8,13-16H2,1-2H3/i19D. The molecule has 0 amide bonds. The molecule has 3 aromatic heterocycles. The number of unbranched alkanes of at least 4 members (excludes halogenated alkanes) is 4. The number of nitrogens with zero attached hydrogens (tertiary/aromatic N) is 2. The van der Waals surface area contributed by atoms with E-state index in [2.05, 4.69) is 9.97 Å². The highest BCUT2D eigenvalue weighted by atomic mass is 19.1. The van der Waals surface area contributed by atoms with E-state index in [4.69, 9.17) is 20.8 Å². The number of hydrogen-bond acceptors (Lipinski definition) is 4. The summed E-state index contributed by atoms with van der Waals surface area (Å²) in [6, 6.07) is 12.2. The molecule has 8 heteroatoms. The number of alkyl halides is 2. The average Bonchev–Trinajstić information content (AvgIpc) is 3.77. The second-order valence-corrected chi connectivity index (χ2v) is 10.8. The summed E-state index contributed by atoms with van der Waals surface area (Å²) in [5.74, 6) is 0. The molecule has 6 nitrogen and oxygen atoms in total. The quantitative estimate of drug-likeness (QED) is 0.147. The zero-order chi connectivity index (χ0) is 30.2. The van der Waals surface area contributed by atoms with Crippen LogP contribution in [0, 0.1) is 0 Å². The molecule has 42 heavy (non-hydrogen) atoms. The third-order valence-corrected chi connectivity index (χ3v) is 7.41. The number of aromatic nitrogens is 4. The molecule has 2 aliphatic heterocycles. The number of H-pyrrole nitrogens is 2. The average molecular weight is 576 g/mol. The van der Waals surface area contributed by atoms with Crippen LogP contribution < -0.4 is 0 Å². The maximum absolute atomic E-state index is 12.5. The van der Waals surface area contributed by atoms with Gasteiger partial charge in [0.2, 0.25) is 0 Å². The smallest absolute Gasteiger partial charge is 0.0894 e. The molecular formula is C34H40F2N4O2. The number of hydrogen-bond donors (Lipinski definition) is 2. The third-order valence-electron chi connectivity index (χ3n) is 7.41. The van der Waals surface area contributed by atoms with Gasteiger partial charge in [-0.05, 0) is 113 Å². The molecule has 8 bridgehead atoms. The van der Waals surface area contributed by atoms with Gasteiger partial charge in [-0.3, -0.25) is 8.78 Å². The highest BCUT2D eigenvalue weighted by molar-refractivity contribution is 5.87. The van der Waals surface area contributed by atoms with E-state index >= 15 is 0 Å². The lowest BCUT2D eigenvalue weighted by Crippen LogP contribution is -2.11. The molecule has 0 spiro atoms. The highest BCUT2D eigenvalue weighted by Gasteiger charge is 2.19. The Morgan fingerprint density at radius 3 is 2.07 bits per heavy atom. The molecule has 5 rings (SSSR count). The van der Waals surface area contributed by atoms with Crippen LogP contribution in [-0.4, -0.2) is 52.6 Å². The Hall–Kier alpha value is -3.62. The van der Waals surface area contributed by atoms with Crippen LogP contribution in [0.4, 0.5) is 8.78 Å². The first-order valence-electron chi connectivity index (χ1n) is 15.4. The second kappa shape index (κ2) is 14.5. The molecule has 5 heterocycles. The van der Waals surface area contributed by atoms with Gasteiger partial charge in [0, 0.05) is 46.4 Å². The summed E-state index contributed by atoms with van der Waals surface area (Å²) in [5, 5.41) is 0. The van der Waals surface area contributed by atoms with Gasteiger partial charge in [0.25, 0.3) is 0 Å². The summed E-state index contributed by atoms with van der Waals surface area (Å²) in [6.07, 6.45) is 9.55. The Bertz CT molecular complexity index is 1630. The van der Waals surface area contributed by atoms with Crippen LogP contribution in [0.3, 0.4) is 0 Å². The van der Waals surface area contributed by atoms with Crippen molar-refractivity contribution in [2.24, 2.45) is 0 Å². The number of aromatic amines is 2. The van der Waals surface area contributed by atoms with Gasteiger partial charge in [0.15, 0.2) is 0 Å². The van der Waals surface area contributed by atoms with E-state index in [1.807, 2.05) is 68.5 Å². The van der Waals surface area contributed by atoms with E-state index in [0.717, 1.165) is 76.1 Å². The van der Waals surface area contributed by atoms with Crippen molar-refractivity contribution in [2.45, 2.75) is 64.6 Å². The van der Waals surface area contributed by atoms with E-state index in [1.165, 1.54) is 0 Å². The molecule has 0 radical (unpaired) electrons. The van der Waals surface area contributed by atoms with Crippen LogP contribution in [-0.2, 0) is 9.47 Å². The van der Waals surface area contributed by atoms with E-state index in [0.29, 0.717) is 37.6 Å². The number of halogens is 2. The molecule has 0 aromatic carbocycles. The SMILES string of the molecule is [2H]c1c(C(C)OCCCCCF)c2cc3nc(cc4ccc(cc5nc(cc1[nH]2)C=C5)[nH]4)C(C(C)OCCCCCF)=C3. The Kier molecular flexibility index (Phi) is 9.85. The Morgan fingerprint density at radius 1 is 0.738 bits per heavy atom. The molecule has 2 unspecified atom stereocenters. The van der Waals surface area contributed by atoms with Crippen molar-refractivity contribution in [2.75, 3.05) is 26.6 Å². The lowest BCUT2D eigenvalue weighted by Gasteiger charge is -2.14. The predicted molar refractivity (Wildman–Crippen MR) is 167 cm³/mol. The van der Waals surface area contributed by atoms with Crippen molar-refractivity contribution in [1.29, 1.82) is 0 Å². The second-order valence-electron chi connectivity index (χ2n) is 10.8. The van der Waals surface area contributed by atoms with Gasteiger partial charge in [-0.2, -0.15) is 0 Å². The zero-order valence-corrected chi connectivity index (χ0v) is 24.4. The Morgan fingerprint density at radius 2 is 1.38 bits per heavy atom. The van der Waals surface area contributed by atoms with E-state index < -0.39 is 0 Å². The maximum atomic E-state index is 12.5. The first-order valence-corrected chi connectivity index (χ1v) is 14.9. The Labute approximate surface area is 247 Å². The summed E-state index contributed by atoms with van der Waals surface area (Å²) in [7, 11) is 0. The van der Waals surface area contributed by atoms with Crippen molar-refractivity contribution in [1.82, 2.24) is 19.9 Å². The van der Waals surface area contributed by atoms with Crippen LogP contribution in [0.2, 0.25) is 0 Å². The van der Waals surface area contributed by atoms with Crippen LogP contribution in [0.15, 0.2) is 42.4 Å². The molecule has 0 saturated carbocycles. The third kappa shape index (κ3) is 7.81. The van der Waals surface area contributed by atoms with Crippen LogP contribution in [0.5, 0.6) is 0 Å². The number of ether oxygens (including phenoxy) is 2. The minimum absolute atomic E-state index is 0.216. The van der Waals surface area contributed by atoms with E-state index in [9.17, 15) is 8.78 Å². The maximum Gasteiger partial charge on any atom is 0.0894 e. The lowest BCUT2D eigenvalue weighted by molar-refractivity contribution is 0.0636. The fourth-order valence-electron chi connectivity index (χ4n) is 5.14. The van der Waals surface area contributed by atoms with Gasteiger partial charge in [0.1, 0.15) is 0 Å². The molecule has 2 atom stereocenters. The fraction of sp³-hybridized carbons (Fsp3) is 0.412. The van der Waals surface area contributed by atoms with Gasteiger partial charge >= 0.3 is 0 Å². The first kappa shape index (κ1) is 28.5. The topological polar surface area (TPSA) is 75.8 Å². The molecule has 2 N–H and O–H groups in total. The largest absolute Gasteiger partial charge is 0.374 e. The highest BCUT2D eigenvalue weighted by Crippen LogP contribution is 2.30. The summed E-state index contributed by atoms with van der Waals surface area (Å²) < 4.78 is 46.4. The Balaban J connectivity index is 1.60. The van der Waals surface area contributed by atoms with Gasteiger partial charge in [-0.25, -0.2) is 9.97 Å². The van der Waals surface area contributed by atoms with E-state index in [1.54, 1.807) is 0 Å². The molecule has 0 aliphatic carbocycles. The van der Waals surface area contributed by atoms with Crippen molar-refractivity contribution >= 4 is 45.9 Å². The van der Waals surface area contributed by atoms with Gasteiger partial charge in [-0.15, -0.1) is 0 Å². The zero-order valence-electron chi connectivity index (χ0n) is 25.4. The van der Waals surface area contributed by atoms with Crippen LogP contribution >= 0.6 is 0 Å². The predicted octanol–water partition coefficient (Wildman–Crippen LogP) is 8.79. The van der Waals surface area contributed by atoms with Gasteiger partial charge < -0.3 is 19.4 Å². The van der Waals surface area contributed by atoms with Crippen molar-refractivity contribution in [3.63, 3.8) is 0 Å². The molecular weight excluding hydrogens is 534 g/mol. The molecule has 2 aliphatic rings. The lowest BCUT2D eigenvalue weighted by atomic mass is 10.1. The van der Waals surface area contributed by atoms with Crippen LogP contribution in [0.1, 0.15) is 88.2 Å². The molecule has 0 saturated heterocycles. The van der Waals surface area contributed by atoms with Crippen LogP contribution in [0.25, 0.3) is 45.9 Å². The van der Waals surface area contributed by atoms with Crippen molar-refractivity contribution < 1.29 is 19.6 Å². The van der Waals surface area contributed by atoms with Crippen molar-refractivity contribution in [3.05, 3.63) is 70.8 Å². The van der Waals surface area contributed by atoms with Gasteiger partial charge in [-0.1, -0.05) is 0 Å². The van der Waals surface area contributed by atoms with E-state index in [-0.39, 0.29) is 25.6 Å². The number of fused-ring (bicyclic) bond motifs is 8. The monoisotopic (exact) mass is 575 g/mol. The summed E-state index contributed by atoms with van der Waals surface area (Å²) >= 11 is 0. The summed E-state index contributed by atoms with van der Waals surface area (Å²) in [4.78, 5) is 16.6. The minimum Gasteiger partial charge on any atom is -0.374 e. The molecule has 3 aromatic rings. The minimum atomic E-state index is -0.356. The van der Waals surface area contributed by atoms with Crippen molar-refractivity contribution in [3.8, 4) is 0 Å².